The van der Waals surface area contributed by atoms with E-state index >= 15 is 0 Å². The molecule has 0 radical (unpaired) electrons. The maximum Gasteiger partial charge on any atom is 0.246 e. The summed E-state index contributed by atoms with van der Waals surface area (Å²) in [6.45, 7) is 0.871. The fraction of sp³-hybridized carbons (Fsp3) is 0.292. The first kappa shape index (κ1) is 22.6. The van der Waals surface area contributed by atoms with Crippen LogP contribution >= 0.6 is 11.6 Å². The van der Waals surface area contributed by atoms with E-state index in [0.29, 0.717) is 31.0 Å². The maximum absolute atomic E-state index is 13.3. The Morgan fingerprint density at radius 1 is 1.16 bits per heavy atom. The Labute approximate surface area is 193 Å². The number of fused-ring (bicyclic) bond motifs is 1. The summed E-state index contributed by atoms with van der Waals surface area (Å²) >= 11 is 6.04. The molecular weight excluding hydrogens is 448 g/mol. The van der Waals surface area contributed by atoms with Crippen molar-refractivity contribution in [3.63, 3.8) is 0 Å². The monoisotopic (exact) mass is 472 g/mol. The predicted molar refractivity (Wildman–Crippen MR) is 125 cm³/mol. The molecule has 8 heteroatoms. The summed E-state index contributed by atoms with van der Waals surface area (Å²) in [4.78, 5) is 12.9. The summed E-state index contributed by atoms with van der Waals surface area (Å²) in [5, 5.41) is 5.52. The average Bonchev–Trinajstić information content (AvgIpc) is 2.82. The third-order valence-electron chi connectivity index (χ3n) is 5.83. The topological polar surface area (TPSA) is 75.7 Å². The third-order valence-corrected chi connectivity index (χ3v) is 7.95. The highest BCUT2D eigenvalue weighted by atomic mass is 35.5. The second-order valence-electron chi connectivity index (χ2n) is 7.85. The van der Waals surface area contributed by atoms with E-state index in [-0.39, 0.29) is 23.1 Å². The van der Waals surface area contributed by atoms with Gasteiger partial charge in [-0.1, -0.05) is 54.1 Å². The van der Waals surface area contributed by atoms with E-state index in [1.54, 1.807) is 6.07 Å². The Hall–Kier alpha value is -2.61. The molecule has 3 aromatic rings. The number of amides is 1. The van der Waals surface area contributed by atoms with Gasteiger partial charge in [0.2, 0.25) is 15.9 Å². The SMILES string of the molecule is COc1ccc(Cl)cc1S(=O)(=O)N1CCCC(C(=O)NCc2cccc3ccccc23)C1. The summed E-state index contributed by atoms with van der Waals surface area (Å²) in [7, 11) is -2.43. The molecule has 0 spiro atoms. The molecule has 1 aliphatic rings. The Bertz CT molecular complexity index is 1240. The molecule has 1 atom stereocenters. The van der Waals surface area contributed by atoms with E-state index in [4.69, 9.17) is 16.3 Å². The number of nitrogens with one attached hydrogen (secondary N) is 1. The fourth-order valence-electron chi connectivity index (χ4n) is 4.14. The van der Waals surface area contributed by atoms with Gasteiger partial charge in [0.1, 0.15) is 10.6 Å². The average molecular weight is 473 g/mol. The van der Waals surface area contributed by atoms with Crippen LogP contribution in [-0.2, 0) is 21.4 Å². The molecule has 1 N–H and O–H groups in total. The molecular formula is C24H25ClN2O4S. The Balaban J connectivity index is 1.48. The quantitative estimate of drug-likeness (QED) is 0.582. The zero-order valence-electron chi connectivity index (χ0n) is 17.8. The first-order chi connectivity index (χ1) is 15.4. The van der Waals surface area contributed by atoms with Crippen LogP contribution in [0.1, 0.15) is 18.4 Å². The summed E-state index contributed by atoms with van der Waals surface area (Å²) in [5.41, 5.74) is 1.03. The van der Waals surface area contributed by atoms with E-state index in [1.165, 1.54) is 23.5 Å². The van der Waals surface area contributed by atoms with Gasteiger partial charge in [-0.25, -0.2) is 8.42 Å². The van der Waals surface area contributed by atoms with Crippen LogP contribution in [0.2, 0.25) is 5.02 Å². The summed E-state index contributed by atoms with van der Waals surface area (Å²) < 4.78 is 33.1. The number of ether oxygens (including phenoxy) is 1. The van der Waals surface area contributed by atoms with Gasteiger partial charge in [0.25, 0.3) is 0 Å². The van der Waals surface area contributed by atoms with Crippen LogP contribution in [0.5, 0.6) is 5.75 Å². The lowest BCUT2D eigenvalue weighted by molar-refractivity contribution is -0.126. The van der Waals surface area contributed by atoms with Crippen LogP contribution in [0.15, 0.2) is 65.6 Å². The van der Waals surface area contributed by atoms with Crippen molar-refractivity contribution < 1.29 is 17.9 Å². The molecule has 1 unspecified atom stereocenters. The van der Waals surface area contributed by atoms with Crippen molar-refractivity contribution in [3.8, 4) is 5.75 Å². The van der Waals surface area contributed by atoms with E-state index in [0.717, 1.165) is 16.3 Å². The summed E-state index contributed by atoms with van der Waals surface area (Å²) in [6, 6.07) is 18.5. The van der Waals surface area contributed by atoms with E-state index in [2.05, 4.69) is 5.32 Å². The van der Waals surface area contributed by atoms with Crippen molar-refractivity contribution in [1.29, 1.82) is 0 Å². The van der Waals surface area contributed by atoms with E-state index in [9.17, 15) is 13.2 Å². The summed E-state index contributed by atoms with van der Waals surface area (Å²) in [6.07, 6.45) is 1.24. The molecule has 0 aliphatic carbocycles. The number of hydrogen-bond acceptors (Lipinski definition) is 4. The number of hydrogen-bond donors (Lipinski definition) is 1. The lowest BCUT2D eigenvalue weighted by Crippen LogP contribution is -2.45. The molecule has 0 bridgehead atoms. The van der Waals surface area contributed by atoms with Gasteiger partial charge in [-0.05, 0) is 47.4 Å². The Morgan fingerprint density at radius 3 is 2.75 bits per heavy atom. The van der Waals surface area contributed by atoms with Crippen molar-refractivity contribution in [2.45, 2.75) is 24.3 Å². The number of nitrogens with zero attached hydrogens (tertiary/aromatic N) is 1. The van der Waals surface area contributed by atoms with Crippen LogP contribution < -0.4 is 10.1 Å². The third kappa shape index (κ3) is 4.60. The lowest BCUT2D eigenvalue weighted by Gasteiger charge is -2.31. The molecule has 1 aliphatic heterocycles. The highest BCUT2D eigenvalue weighted by Gasteiger charge is 2.35. The Morgan fingerprint density at radius 2 is 1.94 bits per heavy atom. The number of carbonyl (C=O) groups excluding carboxylic acids is 1. The van der Waals surface area contributed by atoms with Gasteiger partial charge < -0.3 is 10.1 Å². The van der Waals surface area contributed by atoms with Gasteiger partial charge in [0.05, 0.1) is 13.0 Å². The second kappa shape index (κ2) is 9.48. The number of carbonyl (C=O) groups is 1. The molecule has 6 nitrogen and oxygen atoms in total. The van der Waals surface area contributed by atoms with Gasteiger partial charge in [-0.2, -0.15) is 4.31 Å². The minimum absolute atomic E-state index is 0.0179. The Kier molecular flexibility index (Phi) is 6.69. The highest BCUT2D eigenvalue weighted by Crippen LogP contribution is 2.32. The minimum Gasteiger partial charge on any atom is -0.495 e. The molecule has 1 amide bonds. The number of halogens is 1. The number of piperidine rings is 1. The van der Waals surface area contributed by atoms with E-state index < -0.39 is 15.9 Å². The normalized spacial score (nSPS) is 17.2. The zero-order valence-corrected chi connectivity index (χ0v) is 19.3. The maximum atomic E-state index is 13.3. The molecule has 3 aromatic carbocycles. The molecule has 0 aromatic heterocycles. The van der Waals surface area contributed by atoms with Gasteiger partial charge in [0.15, 0.2) is 0 Å². The minimum atomic E-state index is -3.85. The smallest absolute Gasteiger partial charge is 0.246 e. The first-order valence-corrected chi connectivity index (χ1v) is 12.3. The van der Waals surface area contributed by atoms with Crippen LogP contribution in [0.25, 0.3) is 10.8 Å². The van der Waals surface area contributed by atoms with Crippen LogP contribution in [-0.4, -0.2) is 38.8 Å². The van der Waals surface area contributed by atoms with Gasteiger partial charge in [-0.15, -0.1) is 0 Å². The number of sulfonamides is 1. The molecule has 1 heterocycles. The van der Waals surface area contributed by atoms with Crippen molar-refractivity contribution in [2.24, 2.45) is 5.92 Å². The van der Waals surface area contributed by atoms with Crippen LogP contribution in [0.4, 0.5) is 0 Å². The standard InChI is InChI=1S/C24H25ClN2O4S/c1-31-22-12-11-20(25)14-23(22)32(29,30)27-13-5-9-19(16-27)24(28)26-15-18-8-4-7-17-6-2-3-10-21(17)18/h2-4,6-8,10-12,14,19H,5,9,13,15-16H2,1H3,(H,26,28). The van der Waals surface area contributed by atoms with Gasteiger partial charge in [0, 0.05) is 24.7 Å². The summed E-state index contributed by atoms with van der Waals surface area (Å²) in [5.74, 6) is -0.327. The number of methoxy groups -OCH3 is 1. The van der Waals surface area contributed by atoms with Crippen molar-refractivity contribution in [1.82, 2.24) is 9.62 Å². The fourth-order valence-corrected chi connectivity index (χ4v) is 6.08. The first-order valence-electron chi connectivity index (χ1n) is 10.5. The number of benzene rings is 3. The van der Waals surface area contributed by atoms with Crippen molar-refractivity contribution in [2.75, 3.05) is 20.2 Å². The van der Waals surface area contributed by atoms with E-state index in [1.807, 2.05) is 42.5 Å². The zero-order chi connectivity index (χ0) is 22.7. The lowest BCUT2D eigenvalue weighted by atomic mass is 9.98. The molecule has 32 heavy (non-hydrogen) atoms. The second-order valence-corrected chi connectivity index (χ2v) is 10.2. The highest BCUT2D eigenvalue weighted by molar-refractivity contribution is 7.89. The molecule has 0 saturated carbocycles. The van der Waals surface area contributed by atoms with Crippen molar-refractivity contribution >= 4 is 38.3 Å². The largest absolute Gasteiger partial charge is 0.495 e. The molecule has 4 rings (SSSR count). The van der Waals surface area contributed by atoms with Crippen molar-refractivity contribution in [3.05, 3.63) is 71.2 Å². The molecule has 168 valence electrons. The molecule has 1 saturated heterocycles. The molecule has 1 fully saturated rings. The van der Waals surface area contributed by atoms with Gasteiger partial charge >= 0.3 is 0 Å². The number of rotatable bonds is 6. The van der Waals surface area contributed by atoms with Gasteiger partial charge in [-0.3, -0.25) is 4.79 Å². The predicted octanol–water partition coefficient (Wildman–Crippen LogP) is 4.22. The van der Waals surface area contributed by atoms with Crippen LogP contribution in [0.3, 0.4) is 0 Å². The van der Waals surface area contributed by atoms with Crippen LogP contribution in [0, 0.1) is 5.92 Å².